The van der Waals surface area contributed by atoms with Gasteiger partial charge in [0.25, 0.3) is 0 Å². The molecule has 13 rings (SSSR count). The van der Waals surface area contributed by atoms with E-state index < -0.39 is 58.6 Å². The average Bonchev–Trinajstić information content (AvgIpc) is 1.42. The third kappa shape index (κ3) is 19.3. The lowest BCUT2D eigenvalue weighted by Crippen LogP contribution is -2.62. The van der Waals surface area contributed by atoms with Crippen molar-refractivity contribution in [1.29, 1.82) is 0 Å². The van der Waals surface area contributed by atoms with Gasteiger partial charge in [-0.2, -0.15) is 0 Å². The Morgan fingerprint density at radius 1 is 0.344 bits per heavy atom. The summed E-state index contributed by atoms with van der Waals surface area (Å²) in [5.74, 6) is 3.77. The molecule has 0 aliphatic heterocycles. The zero-order valence-corrected chi connectivity index (χ0v) is 78.3. The normalized spacial score (nSPS) is 45.1. The Kier molecular flexibility index (Phi) is 31.2. The number of hydrogen-bond donors (Lipinski definition) is 9. The van der Waals surface area contributed by atoms with Crippen LogP contribution >= 0.6 is 0 Å². The van der Waals surface area contributed by atoms with Crippen LogP contribution in [0.15, 0.2) is 0 Å². The molecule has 1 amide bonds. The molecule has 35 atom stereocenters. The van der Waals surface area contributed by atoms with Gasteiger partial charge < -0.3 is 60.4 Å². The predicted octanol–water partition coefficient (Wildman–Crippen LogP) is 20.2. The molecule has 3 unspecified atom stereocenters. The Labute approximate surface area is 735 Å². The molecule has 0 saturated heterocycles. The topological polar surface area (TPSA) is 304 Å². The molecule has 0 aromatic rings. The van der Waals surface area contributed by atoms with Crippen LogP contribution in [0, 0.1) is 155 Å². The van der Waals surface area contributed by atoms with Crippen LogP contribution in [0.1, 0.15) is 385 Å². The number of Topliss-reactive ketones (excluding diaryl/α,β-unsaturated/α-hetero) is 2. The number of fused-ring (bicyclic) bond motifs is 15. The van der Waals surface area contributed by atoms with Gasteiger partial charge in [-0.3, -0.25) is 28.8 Å². The maximum Gasteiger partial charge on any atom is 0.303 e. The van der Waals surface area contributed by atoms with Crippen LogP contribution in [0.3, 0.4) is 0 Å². The fourth-order valence-electron chi connectivity index (χ4n) is 34.0. The minimum atomic E-state index is -0.907. The summed E-state index contributed by atoms with van der Waals surface area (Å²) in [6, 6.07) is 0. The number of amides is 1. The van der Waals surface area contributed by atoms with Gasteiger partial charge >= 0.3 is 17.9 Å². The molecule has 696 valence electrons. The highest BCUT2D eigenvalue weighted by molar-refractivity contribution is 5.92. The average molecular weight is 1710 g/mol. The van der Waals surface area contributed by atoms with Gasteiger partial charge in [0.15, 0.2) is 0 Å². The Morgan fingerprint density at radius 3 is 1.08 bits per heavy atom. The van der Waals surface area contributed by atoms with Crippen LogP contribution in [0.25, 0.3) is 0 Å². The molecule has 9 N–H and O–H groups in total. The molecule has 13 fully saturated rings. The molecule has 0 radical (unpaired) electrons. The van der Waals surface area contributed by atoms with Crippen LogP contribution in [-0.2, 0) is 43.0 Å². The first-order valence-corrected chi connectivity index (χ1v) is 51.0. The monoisotopic (exact) mass is 1710 g/mol. The molecule has 0 aromatic carbocycles. The number of nitrogens with one attached hydrogen (secondary N) is 1. The zero-order chi connectivity index (χ0) is 87.9. The van der Waals surface area contributed by atoms with Gasteiger partial charge in [0, 0.05) is 74.7 Å². The van der Waals surface area contributed by atoms with Crippen molar-refractivity contribution >= 4 is 35.4 Å². The number of carboxylic acids is 3. The van der Waals surface area contributed by atoms with E-state index in [-0.39, 0.29) is 153 Å². The number of hydrogen-bond acceptors (Lipinski definition) is 14. The number of aliphatic hydroxyl groups is 5. The molecular weight excluding hydrogens is 1540 g/mol. The molecule has 0 heterocycles. The van der Waals surface area contributed by atoms with E-state index in [0.29, 0.717) is 131 Å². The van der Waals surface area contributed by atoms with Gasteiger partial charge in [0.2, 0.25) is 5.91 Å². The Morgan fingerprint density at radius 2 is 0.680 bits per heavy atom. The number of aliphatic hydroxyl groups excluding tert-OH is 5. The van der Waals surface area contributed by atoms with Crippen LogP contribution in [-0.4, -0.2) is 151 Å². The minimum Gasteiger partial charge on any atom is -0.481 e. The first kappa shape index (κ1) is 96.5. The van der Waals surface area contributed by atoms with Crippen LogP contribution in [0.5, 0.6) is 0 Å². The Balaban J connectivity index is 0.545. The second kappa shape index (κ2) is 39.5. The van der Waals surface area contributed by atoms with Crippen LogP contribution < -0.4 is 5.32 Å². The molecule has 18 heteroatoms. The second-order valence-corrected chi connectivity index (χ2v) is 47.4. The minimum absolute atomic E-state index is 0.0275. The lowest BCUT2D eigenvalue weighted by atomic mass is 9.43. The van der Waals surface area contributed by atoms with Gasteiger partial charge in [-0.1, -0.05) is 134 Å². The smallest absolute Gasteiger partial charge is 0.303 e. The summed E-state index contributed by atoms with van der Waals surface area (Å²) in [6.07, 6.45) is 37.7. The summed E-state index contributed by atoms with van der Waals surface area (Å²) in [5.41, 5.74) is -3.08. The molecule has 18 nitrogen and oxygen atoms in total. The van der Waals surface area contributed by atoms with Crippen molar-refractivity contribution in [3.05, 3.63) is 0 Å². The quantitative estimate of drug-likeness (QED) is 0.0257. The van der Waals surface area contributed by atoms with Crippen molar-refractivity contribution in [3.8, 4) is 0 Å². The van der Waals surface area contributed by atoms with E-state index in [9.17, 15) is 69.6 Å². The number of aliphatic carboxylic acids is 3. The van der Waals surface area contributed by atoms with Gasteiger partial charge in [0.05, 0.1) is 48.8 Å². The predicted molar refractivity (Wildman–Crippen MR) is 475 cm³/mol. The molecule has 13 aliphatic carbocycles. The van der Waals surface area contributed by atoms with Crippen molar-refractivity contribution in [2.24, 2.45) is 155 Å². The summed E-state index contributed by atoms with van der Waals surface area (Å²) in [5, 5.41) is 92.2. The highest BCUT2D eigenvalue weighted by atomic mass is 16.5. The first-order chi connectivity index (χ1) is 57.8. The van der Waals surface area contributed by atoms with E-state index >= 15 is 0 Å². The fourth-order valence-corrected chi connectivity index (χ4v) is 34.0. The van der Waals surface area contributed by atoms with Crippen LogP contribution in [0.4, 0.5) is 0 Å². The van der Waals surface area contributed by atoms with Gasteiger partial charge in [-0.25, -0.2) is 0 Å². The number of carboxylic acid groups (broad SMARTS) is 3. The van der Waals surface area contributed by atoms with E-state index in [2.05, 4.69) is 74.6 Å². The van der Waals surface area contributed by atoms with Gasteiger partial charge in [0.1, 0.15) is 11.6 Å². The second-order valence-electron chi connectivity index (χ2n) is 47.4. The number of rotatable bonds is 41. The molecule has 13 aliphatic rings. The molecular formula is C104H173NO17. The number of unbranched alkanes of at least 4 members (excludes halogenated alkanes) is 11. The van der Waals surface area contributed by atoms with Crippen molar-refractivity contribution in [2.45, 2.75) is 434 Å². The molecule has 0 aromatic heterocycles. The van der Waals surface area contributed by atoms with Crippen molar-refractivity contribution < 1.29 is 83.8 Å². The Hall–Kier alpha value is -3.10. The number of ether oxygens (including phenoxy) is 3. The highest BCUT2D eigenvalue weighted by Gasteiger charge is 2.70. The largest absolute Gasteiger partial charge is 0.481 e. The number of ketones is 2. The SMILES string of the molecule is C[C@H](CCC(=O)O)[C@H]1CC[C@H]2[C@@H]3CC[C@@H]4C[C@@H](OCCCCCCCC(=O)C5(C)CC(C)(C(=O)CCCCCCCO[C@H]6CC[C@@]7(C)[C@@H](C6)C[C@@H](O)[C@@H]6[C@@H]7C[C@H](O)[C@]7(C)[C@@H]([C@H](C)CCC(=O)O)CC[C@@H]67)CC(C)(C(=O)NCCCCCCO[C@H]6CC[C@@]7(C)[C@@H](C6)C[C@@H](O)[C@@H]6[C@@H]7C[C@H](O)[C@]7(C)[C@@H]([C@H](C)CCC(=O)O)CC[C@@H]67)C5)CC[C@]4(C)[C@H]3C[C@H](O)[C@]12C. The molecule has 122 heavy (non-hydrogen) atoms. The first-order valence-electron chi connectivity index (χ1n) is 51.0. The van der Waals surface area contributed by atoms with E-state index in [4.69, 9.17) is 14.2 Å². The molecule has 0 bridgehead atoms. The molecule has 0 spiro atoms. The third-order valence-electron chi connectivity index (χ3n) is 40.7. The third-order valence-corrected chi connectivity index (χ3v) is 40.7. The van der Waals surface area contributed by atoms with E-state index in [1.165, 1.54) is 12.8 Å². The summed E-state index contributed by atoms with van der Waals surface area (Å²) in [4.78, 5) is 79.2. The summed E-state index contributed by atoms with van der Waals surface area (Å²) < 4.78 is 20.0. The van der Waals surface area contributed by atoms with Crippen molar-refractivity contribution in [1.82, 2.24) is 5.32 Å². The Bertz CT molecular complexity index is 3380. The highest BCUT2D eigenvalue weighted by Crippen LogP contribution is 2.73. The summed E-state index contributed by atoms with van der Waals surface area (Å²) in [6.45, 7) is 29.6. The standard InChI is InChI=1S/C104H173NO17/c1-64(29-40-90(113)114)74-34-37-77-73-33-32-67-53-70(43-46-99(67,7)80(73)58-87(110)102(74,77)10)120-50-24-18-13-15-21-27-85(108)96(4)61-97(5,86(109)28-22-16-14-19-25-51-121-71-44-47-100(8)68(54-71)56-83(106)93-78-38-35-75(65(2)30-41-91(115)116)103(78,11)88(111)59-81(93)100)63-98(6,62-96)95(119)105-49-23-17-20-26-52-122-72-45-48-101(9)69(55-72)57-84(107)94-79-39-36-76(66(3)31-42-92(117)118)104(79,12)89(112)60-82(94)101/h64-84,87-89,93-94,106-107,110-112H,13-63H2,1-12H3,(H,105,119)(H,113,114)(H,115,116)(H,117,118)/t64-,65-,66-,67-,68+,69+,70+,71+,72+,73+,74-,75-,76-,77+,78+,79+,80+,81+,82+,83-,84-,87+,88+,89+,93+,94+,96?,97?,98?,99+,100+,101+,102-,103-,104-/m1/s1. The maximum absolute atomic E-state index is 14.9. The lowest BCUT2D eigenvalue weighted by Gasteiger charge is -2.63. The van der Waals surface area contributed by atoms with Crippen molar-refractivity contribution in [3.63, 3.8) is 0 Å². The number of carbonyl (C=O) groups is 6. The van der Waals surface area contributed by atoms with E-state index in [1.54, 1.807) is 0 Å². The zero-order valence-electron chi connectivity index (χ0n) is 78.3. The number of carbonyl (C=O) groups excluding carboxylic acids is 3. The fraction of sp³-hybridized carbons (Fsp3) is 0.942. The summed E-state index contributed by atoms with van der Waals surface area (Å²) in [7, 11) is 0. The summed E-state index contributed by atoms with van der Waals surface area (Å²) >= 11 is 0. The van der Waals surface area contributed by atoms with Gasteiger partial charge in [-0.15, -0.1) is 0 Å². The molecule has 13 saturated carbocycles. The van der Waals surface area contributed by atoms with Crippen LogP contribution in [0.2, 0.25) is 0 Å². The van der Waals surface area contributed by atoms with E-state index in [0.717, 1.165) is 212 Å². The van der Waals surface area contributed by atoms with Gasteiger partial charge in [-0.05, 0) is 357 Å². The van der Waals surface area contributed by atoms with E-state index in [1.807, 2.05) is 13.8 Å². The maximum atomic E-state index is 14.9. The van der Waals surface area contributed by atoms with Crippen molar-refractivity contribution in [2.75, 3.05) is 26.4 Å². The lowest BCUT2D eigenvalue weighted by molar-refractivity contribution is -0.209.